The zero-order valence-electron chi connectivity index (χ0n) is 15.1. The maximum absolute atomic E-state index is 12.0. The van der Waals surface area contributed by atoms with Crippen LogP contribution in [0.25, 0.3) is 0 Å². The first-order valence-electron chi connectivity index (χ1n) is 8.54. The molecule has 1 aliphatic rings. The zero-order valence-corrected chi connectivity index (χ0v) is 15.8. The van der Waals surface area contributed by atoms with Gasteiger partial charge in [0.25, 0.3) is 5.91 Å². The summed E-state index contributed by atoms with van der Waals surface area (Å²) >= 11 is 5.98. The number of rotatable bonds is 7. The van der Waals surface area contributed by atoms with Crippen LogP contribution in [-0.4, -0.2) is 35.7 Å². The Kier molecular flexibility index (Phi) is 6.90. The summed E-state index contributed by atoms with van der Waals surface area (Å²) in [6.07, 6.45) is -0.0455. The van der Waals surface area contributed by atoms with Crippen molar-refractivity contribution in [1.29, 1.82) is 0 Å². The lowest BCUT2D eigenvalue weighted by molar-refractivity contribution is -0.490. The first-order chi connectivity index (χ1) is 12.7. The third kappa shape index (κ3) is 5.50. The Morgan fingerprint density at radius 3 is 2.78 bits per heavy atom. The van der Waals surface area contributed by atoms with E-state index in [0.29, 0.717) is 16.3 Å². The minimum absolute atomic E-state index is 0.158. The Hall–Kier alpha value is -2.48. The number of halogens is 1. The summed E-state index contributed by atoms with van der Waals surface area (Å²) in [7, 11) is 0. The molecular formula is C18H21ClN2O6. The zero-order chi connectivity index (χ0) is 20.1. The van der Waals surface area contributed by atoms with Gasteiger partial charge in [0.05, 0.1) is 6.42 Å². The van der Waals surface area contributed by atoms with E-state index >= 15 is 0 Å². The molecule has 0 bridgehead atoms. The Labute approximate surface area is 161 Å². The number of ketones is 1. The third-order valence-electron chi connectivity index (χ3n) is 4.84. The molecule has 3 atom stereocenters. The van der Waals surface area contributed by atoms with E-state index in [4.69, 9.17) is 16.3 Å². The Bertz CT molecular complexity index is 766. The van der Waals surface area contributed by atoms with Crippen molar-refractivity contribution in [3.63, 3.8) is 0 Å². The molecule has 1 aromatic rings. The minimum Gasteiger partial charge on any atom is -0.456 e. The van der Waals surface area contributed by atoms with Crippen LogP contribution in [0.4, 0.5) is 5.69 Å². The average Bonchev–Trinajstić information content (AvgIpc) is 2.83. The number of carbonyl (C=O) groups is 3. The SMILES string of the molecule is Cc1c(Cl)cccc1NC(=O)COC(=O)C[C@@H]1C(=O)C[C@@H](C)[C@H]1C[N+](=O)[O-]. The predicted molar refractivity (Wildman–Crippen MR) is 98.0 cm³/mol. The summed E-state index contributed by atoms with van der Waals surface area (Å²) in [6.45, 7) is 2.63. The van der Waals surface area contributed by atoms with Gasteiger partial charge in [-0.15, -0.1) is 0 Å². The summed E-state index contributed by atoms with van der Waals surface area (Å²) < 4.78 is 4.94. The lowest BCUT2D eigenvalue weighted by atomic mass is 9.88. The molecule has 2 rings (SSSR count). The number of carbonyl (C=O) groups excluding carboxylic acids is 3. The summed E-state index contributed by atoms with van der Waals surface area (Å²) in [4.78, 5) is 46.3. The van der Waals surface area contributed by atoms with Crippen molar-refractivity contribution in [3.05, 3.63) is 38.9 Å². The van der Waals surface area contributed by atoms with Gasteiger partial charge in [0.2, 0.25) is 6.54 Å². The number of nitro groups is 1. The molecule has 1 amide bonds. The number of ether oxygens (including phenoxy) is 1. The van der Waals surface area contributed by atoms with Gasteiger partial charge in [0.1, 0.15) is 5.78 Å². The second kappa shape index (κ2) is 8.94. The van der Waals surface area contributed by atoms with Crippen LogP contribution >= 0.6 is 11.6 Å². The van der Waals surface area contributed by atoms with Crippen molar-refractivity contribution >= 4 is 34.9 Å². The van der Waals surface area contributed by atoms with Crippen molar-refractivity contribution in [2.45, 2.75) is 26.7 Å². The van der Waals surface area contributed by atoms with E-state index in [1.807, 2.05) is 0 Å². The van der Waals surface area contributed by atoms with Crippen LogP contribution in [0.3, 0.4) is 0 Å². The molecule has 1 aliphatic carbocycles. The Morgan fingerprint density at radius 2 is 2.11 bits per heavy atom. The van der Waals surface area contributed by atoms with E-state index in [0.717, 1.165) is 0 Å². The average molecular weight is 397 g/mol. The molecule has 1 aromatic carbocycles. The van der Waals surface area contributed by atoms with Gasteiger partial charge >= 0.3 is 5.97 Å². The highest BCUT2D eigenvalue weighted by Crippen LogP contribution is 2.36. The number of hydrogen-bond acceptors (Lipinski definition) is 6. The fraction of sp³-hybridized carbons (Fsp3) is 0.500. The topological polar surface area (TPSA) is 116 Å². The fourth-order valence-corrected chi connectivity index (χ4v) is 3.49. The van der Waals surface area contributed by atoms with Gasteiger partial charge in [-0.2, -0.15) is 0 Å². The molecule has 0 unspecified atom stereocenters. The van der Waals surface area contributed by atoms with Gasteiger partial charge in [-0.05, 0) is 30.5 Å². The molecule has 0 radical (unpaired) electrons. The standard InChI is InChI=1S/C18H21ClN2O6/c1-10-6-16(22)12(13(10)8-21(25)26)7-18(24)27-9-17(23)20-15-5-3-4-14(19)11(15)2/h3-5,10,12-13H,6-9H2,1-2H3,(H,20,23)/t10-,12+,13-/m1/s1. The van der Waals surface area contributed by atoms with E-state index in [1.165, 1.54) is 0 Å². The molecule has 0 aromatic heterocycles. The van der Waals surface area contributed by atoms with Crippen LogP contribution in [0.1, 0.15) is 25.3 Å². The summed E-state index contributed by atoms with van der Waals surface area (Å²) in [5, 5.41) is 13.9. The van der Waals surface area contributed by atoms with Gasteiger partial charge < -0.3 is 10.1 Å². The smallest absolute Gasteiger partial charge is 0.307 e. The number of amides is 1. The van der Waals surface area contributed by atoms with E-state index < -0.39 is 35.2 Å². The number of nitrogens with zero attached hydrogens (tertiary/aromatic N) is 1. The van der Waals surface area contributed by atoms with Crippen LogP contribution in [0.2, 0.25) is 5.02 Å². The molecule has 0 heterocycles. The second-order valence-electron chi connectivity index (χ2n) is 6.76. The van der Waals surface area contributed by atoms with Crippen molar-refractivity contribution in [2.75, 3.05) is 18.5 Å². The molecule has 0 saturated heterocycles. The van der Waals surface area contributed by atoms with Crippen LogP contribution in [0.5, 0.6) is 0 Å². The highest BCUT2D eigenvalue weighted by Gasteiger charge is 2.44. The number of anilines is 1. The maximum Gasteiger partial charge on any atom is 0.307 e. The van der Waals surface area contributed by atoms with E-state index in [2.05, 4.69) is 5.32 Å². The number of esters is 1. The number of nitrogens with one attached hydrogen (secondary N) is 1. The molecule has 0 aliphatic heterocycles. The molecule has 1 fully saturated rings. The molecule has 9 heteroatoms. The molecule has 27 heavy (non-hydrogen) atoms. The lowest BCUT2D eigenvalue weighted by Crippen LogP contribution is -2.28. The van der Waals surface area contributed by atoms with Gasteiger partial charge in [-0.3, -0.25) is 24.5 Å². The quantitative estimate of drug-likeness (QED) is 0.430. The third-order valence-corrected chi connectivity index (χ3v) is 5.25. The lowest BCUT2D eigenvalue weighted by Gasteiger charge is -2.17. The molecule has 1 saturated carbocycles. The van der Waals surface area contributed by atoms with Crippen LogP contribution in [0.15, 0.2) is 18.2 Å². The molecular weight excluding hydrogens is 376 g/mol. The molecule has 1 N–H and O–H groups in total. The highest BCUT2D eigenvalue weighted by atomic mass is 35.5. The first kappa shape index (κ1) is 20.8. The summed E-state index contributed by atoms with van der Waals surface area (Å²) in [6, 6.07) is 5.04. The van der Waals surface area contributed by atoms with Crippen LogP contribution in [0, 0.1) is 34.8 Å². The van der Waals surface area contributed by atoms with E-state index in [-0.39, 0.29) is 31.1 Å². The number of benzene rings is 1. The minimum atomic E-state index is -0.740. The van der Waals surface area contributed by atoms with Gasteiger partial charge in [-0.25, -0.2) is 0 Å². The Morgan fingerprint density at radius 1 is 1.41 bits per heavy atom. The normalized spacial score (nSPS) is 21.7. The molecule has 8 nitrogen and oxygen atoms in total. The first-order valence-corrected chi connectivity index (χ1v) is 8.92. The van der Waals surface area contributed by atoms with Crippen LogP contribution in [-0.2, 0) is 19.1 Å². The van der Waals surface area contributed by atoms with E-state index in [9.17, 15) is 24.5 Å². The van der Waals surface area contributed by atoms with Crippen LogP contribution < -0.4 is 5.32 Å². The molecule has 0 spiro atoms. The summed E-state index contributed by atoms with van der Waals surface area (Å²) in [5.41, 5.74) is 1.20. The predicted octanol–water partition coefficient (Wildman–Crippen LogP) is 2.64. The van der Waals surface area contributed by atoms with Gasteiger partial charge in [-0.1, -0.05) is 24.6 Å². The summed E-state index contributed by atoms with van der Waals surface area (Å²) in [5.74, 6) is -2.84. The number of hydrogen-bond donors (Lipinski definition) is 1. The Balaban J connectivity index is 1.88. The maximum atomic E-state index is 12.0. The van der Waals surface area contributed by atoms with Gasteiger partial charge in [0, 0.05) is 33.9 Å². The second-order valence-corrected chi connectivity index (χ2v) is 7.17. The van der Waals surface area contributed by atoms with E-state index in [1.54, 1.807) is 32.0 Å². The van der Waals surface area contributed by atoms with Crippen molar-refractivity contribution in [3.8, 4) is 0 Å². The largest absolute Gasteiger partial charge is 0.456 e. The number of Topliss-reactive ketones (excluding diaryl/α,β-unsaturated/α-hetero) is 1. The van der Waals surface area contributed by atoms with Crippen molar-refractivity contribution in [1.82, 2.24) is 0 Å². The van der Waals surface area contributed by atoms with Crippen molar-refractivity contribution in [2.24, 2.45) is 17.8 Å². The molecule has 146 valence electrons. The van der Waals surface area contributed by atoms with Crippen molar-refractivity contribution < 1.29 is 24.0 Å². The van der Waals surface area contributed by atoms with Gasteiger partial charge in [0.15, 0.2) is 6.61 Å². The fourth-order valence-electron chi connectivity index (χ4n) is 3.31. The highest BCUT2D eigenvalue weighted by molar-refractivity contribution is 6.31. The monoisotopic (exact) mass is 396 g/mol.